The number of nitrogens with one attached hydrogen (secondary N) is 1. The van der Waals surface area contributed by atoms with Gasteiger partial charge < -0.3 is 15.2 Å². The van der Waals surface area contributed by atoms with Crippen LogP contribution in [-0.4, -0.2) is 24.4 Å². The minimum Gasteiger partial charge on any atom is -0.496 e. The van der Waals surface area contributed by atoms with Crippen molar-refractivity contribution < 1.29 is 9.84 Å². The summed E-state index contributed by atoms with van der Waals surface area (Å²) in [5.41, 5.74) is 0.571. The summed E-state index contributed by atoms with van der Waals surface area (Å²) in [5.74, 6) is 0.831. The predicted molar refractivity (Wildman–Crippen MR) is 77.9 cm³/mol. The Hall–Kier alpha value is -0.580. The van der Waals surface area contributed by atoms with Gasteiger partial charge in [-0.1, -0.05) is 19.9 Å². The highest BCUT2D eigenvalue weighted by Crippen LogP contribution is 2.25. The lowest BCUT2D eigenvalue weighted by Gasteiger charge is -2.25. The number of benzene rings is 1. The molecule has 0 spiro atoms. The van der Waals surface area contributed by atoms with Crippen molar-refractivity contribution in [2.75, 3.05) is 13.7 Å². The molecule has 0 saturated carbocycles. The summed E-state index contributed by atoms with van der Waals surface area (Å²) in [4.78, 5) is 0. The van der Waals surface area contributed by atoms with Gasteiger partial charge in [0.2, 0.25) is 0 Å². The van der Waals surface area contributed by atoms with Gasteiger partial charge >= 0.3 is 0 Å². The van der Waals surface area contributed by atoms with Gasteiger partial charge in [0.25, 0.3) is 0 Å². The first kappa shape index (κ1) is 15.5. The zero-order valence-electron chi connectivity index (χ0n) is 11.3. The zero-order chi connectivity index (χ0) is 13.6. The summed E-state index contributed by atoms with van der Waals surface area (Å²) in [7, 11) is 1.65. The Labute approximate surface area is 118 Å². The highest BCUT2D eigenvalue weighted by Gasteiger charge is 2.21. The highest BCUT2D eigenvalue weighted by molar-refractivity contribution is 9.10. The van der Waals surface area contributed by atoms with Crippen LogP contribution >= 0.6 is 15.9 Å². The van der Waals surface area contributed by atoms with Gasteiger partial charge in [-0.15, -0.1) is 0 Å². The van der Waals surface area contributed by atoms with Crippen molar-refractivity contribution in [2.45, 2.75) is 38.8 Å². The molecular formula is C14H22BrNO2. The van der Waals surface area contributed by atoms with Gasteiger partial charge in [0, 0.05) is 13.1 Å². The van der Waals surface area contributed by atoms with Gasteiger partial charge in [0.1, 0.15) is 5.75 Å². The van der Waals surface area contributed by atoms with Crippen LogP contribution in [0.5, 0.6) is 5.75 Å². The van der Waals surface area contributed by atoms with E-state index in [-0.39, 0.29) is 0 Å². The maximum absolute atomic E-state index is 10.2. The Kier molecular flexibility index (Phi) is 6.12. The van der Waals surface area contributed by atoms with Crippen LogP contribution < -0.4 is 10.1 Å². The van der Waals surface area contributed by atoms with Crippen LogP contribution in [0, 0.1) is 0 Å². The van der Waals surface area contributed by atoms with E-state index in [1.807, 2.05) is 32.0 Å². The van der Waals surface area contributed by atoms with Crippen molar-refractivity contribution in [1.82, 2.24) is 5.32 Å². The molecule has 0 radical (unpaired) electrons. The third kappa shape index (κ3) is 4.26. The summed E-state index contributed by atoms with van der Waals surface area (Å²) in [6, 6.07) is 5.99. The first-order valence-corrected chi connectivity index (χ1v) is 7.09. The maximum atomic E-state index is 10.2. The zero-order valence-corrected chi connectivity index (χ0v) is 12.9. The quantitative estimate of drug-likeness (QED) is 0.812. The minimum absolute atomic E-state index is 0.594. The van der Waals surface area contributed by atoms with Crippen LogP contribution in [0.1, 0.15) is 32.3 Å². The highest BCUT2D eigenvalue weighted by atomic mass is 79.9. The van der Waals surface area contributed by atoms with E-state index >= 15 is 0 Å². The summed E-state index contributed by atoms with van der Waals surface area (Å²) >= 11 is 3.46. The average Bonchev–Trinajstić information content (AvgIpc) is 2.39. The Morgan fingerprint density at radius 3 is 2.50 bits per heavy atom. The molecule has 0 aliphatic rings. The Morgan fingerprint density at radius 1 is 1.33 bits per heavy atom. The normalized spacial score (nSPS) is 11.6. The van der Waals surface area contributed by atoms with Gasteiger partial charge in [-0.3, -0.25) is 0 Å². The molecule has 4 heteroatoms. The first-order chi connectivity index (χ1) is 8.54. The molecule has 0 atom stereocenters. The van der Waals surface area contributed by atoms with Crippen molar-refractivity contribution >= 4 is 15.9 Å². The van der Waals surface area contributed by atoms with Crippen molar-refractivity contribution in [1.29, 1.82) is 0 Å². The van der Waals surface area contributed by atoms with E-state index in [4.69, 9.17) is 4.74 Å². The molecular weight excluding hydrogens is 294 g/mol. The predicted octanol–water partition coefficient (Wildman–Crippen LogP) is 3.10. The molecule has 1 aromatic carbocycles. The van der Waals surface area contributed by atoms with Crippen LogP contribution in [0.4, 0.5) is 0 Å². The summed E-state index contributed by atoms with van der Waals surface area (Å²) < 4.78 is 6.14. The first-order valence-electron chi connectivity index (χ1n) is 6.30. The molecule has 0 bridgehead atoms. The molecule has 0 unspecified atom stereocenters. The largest absolute Gasteiger partial charge is 0.496 e. The number of hydrogen-bond donors (Lipinski definition) is 2. The molecule has 0 fully saturated rings. The number of ether oxygens (including phenoxy) is 1. The van der Waals surface area contributed by atoms with Gasteiger partial charge in [0.05, 0.1) is 17.2 Å². The molecule has 2 N–H and O–H groups in total. The fourth-order valence-corrected chi connectivity index (χ4v) is 2.35. The number of methoxy groups -OCH3 is 1. The third-order valence-electron chi connectivity index (χ3n) is 3.32. The molecule has 3 nitrogen and oxygen atoms in total. The van der Waals surface area contributed by atoms with Crippen molar-refractivity contribution in [2.24, 2.45) is 0 Å². The smallest absolute Gasteiger partial charge is 0.133 e. The van der Waals surface area contributed by atoms with Gasteiger partial charge in [0.15, 0.2) is 0 Å². The van der Waals surface area contributed by atoms with E-state index < -0.39 is 5.60 Å². The number of aliphatic hydroxyl groups is 1. The van der Waals surface area contributed by atoms with Crippen molar-refractivity contribution in [3.63, 3.8) is 0 Å². The lowest BCUT2D eigenvalue weighted by atomic mass is 9.97. The van der Waals surface area contributed by atoms with Gasteiger partial charge in [-0.05, 0) is 46.5 Å². The van der Waals surface area contributed by atoms with Gasteiger partial charge in [-0.2, -0.15) is 0 Å². The molecule has 0 amide bonds. The van der Waals surface area contributed by atoms with E-state index in [0.717, 1.165) is 35.2 Å². The third-order valence-corrected chi connectivity index (χ3v) is 3.94. The minimum atomic E-state index is -0.594. The Balaban J connectivity index is 2.52. The second-order valence-electron chi connectivity index (χ2n) is 4.50. The fourth-order valence-electron chi connectivity index (χ4n) is 1.76. The topological polar surface area (TPSA) is 41.5 Å². The van der Waals surface area contributed by atoms with E-state index in [1.54, 1.807) is 7.11 Å². The van der Waals surface area contributed by atoms with E-state index in [1.165, 1.54) is 0 Å². The Morgan fingerprint density at radius 2 is 2.00 bits per heavy atom. The van der Waals surface area contributed by atoms with E-state index in [0.29, 0.717) is 6.54 Å². The lowest BCUT2D eigenvalue weighted by molar-refractivity contribution is 0.0323. The number of halogens is 1. The van der Waals surface area contributed by atoms with Crippen LogP contribution in [0.25, 0.3) is 0 Å². The van der Waals surface area contributed by atoms with Crippen LogP contribution in [0.3, 0.4) is 0 Å². The molecule has 1 aromatic rings. The summed E-state index contributed by atoms with van der Waals surface area (Å²) in [5, 5.41) is 13.4. The maximum Gasteiger partial charge on any atom is 0.133 e. The molecule has 18 heavy (non-hydrogen) atoms. The van der Waals surface area contributed by atoms with Gasteiger partial charge in [-0.25, -0.2) is 0 Å². The summed E-state index contributed by atoms with van der Waals surface area (Å²) in [6.45, 7) is 5.37. The summed E-state index contributed by atoms with van der Waals surface area (Å²) in [6.07, 6.45) is 1.53. The molecule has 0 saturated heterocycles. The van der Waals surface area contributed by atoms with Crippen molar-refractivity contribution in [3.05, 3.63) is 28.2 Å². The Bertz CT molecular complexity index is 378. The lowest BCUT2D eigenvalue weighted by Crippen LogP contribution is -2.39. The van der Waals surface area contributed by atoms with E-state index in [9.17, 15) is 5.11 Å². The molecule has 0 aliphatic heterocycles. The molecule has 1 rings (SSSR count). The monoisotopic (exact) mass is 315 g/mol. The SMILES string of the molecule is CCC(O)(CC)CNCc1ccc(OC)c(Br)c1. The number of hydrogen-bond acceptors (Lipinski definition) is 3. The molecule has 0 aromatic heterocycles. The average molecular weight is 316 g/mol. The molecule has 0 heterocycles. The van der Waals surface area contributed by atoms with Crippen LogP contribution in [0.2, 0.25) is 0 Å². The van der Waals surface area contributed by atoms with Crippen LogP contribution in [0.15, 0.2) is 22.7 Å². The molecule has 102 valence electrons. The second-order valence-corrected chi connectivity index (χ2v) is 5.36. The van der Waals surface area contributed by atoms with E-state index in [2.05, 4.69) is 21.2 Å². The van der Waals surface area contributed by atoms with Crippen molar-refractivity contribution in [3.8, 4) is 5.75 Å². The standard InChI is InChI=1S/C14H22BrNO2/c1-4-14(17,5-2)10-16-9-11-6-7-13(18-3)12(15)8-11/h6-8,16-17H,4-5,9-10H2,1-3H3. The number of rotatable bonds is 7. The second kappa shape index (κ2) is 7.12. The molecule has 0 aliphatic carbocycles. The fraction of sp³-hybridized carbons (Fsp3) is 0.571. The van der Waals surface area contributed by atoms with Crippen LogP contribution in [-0.2, 0) is 6.54 Å².